The predicted molar refractivity (Wildman–Crippen MR) is 82.2 cm³/mol. The smallest absolute Gasteiger partial charge is 0.224 e. The van der Waals surface area contributed by atoms with Crippen molar-refractivity contribution < 1.29 is 4.79 Å². The summed E-state index contributed by atoms with van der Waals surface area (Å²) in [5.41, 5.74) is 9.78. The van der Waals surface area contributed by atoms with Crippen LogP contribution in [0.5, 0.6) is 0 Å². The third-order valence-electron chi connectivity index (χ3n) is 3.29. The van der Waals surface area contributed by atoms with E-state index in [9.17, 15) is 4.79 Å². The highest BCUT2D eigenvalue weighted by atomic mass is 16.1. The molecule has 0 aliphatic heterocycles. The Labute approximate surface area is 119 Å². The van der Waals surface area contributed by atoms with Crippen LogP contribution >= 0.6 is 0 Å². The summed E-state index contributed by atoms with van der Waals surface area (Å²) in [5.74, 6) is 0.0153. The first-order valence-corrected chi connectivity index (χ1v) is 6.87. The van der Waals surface area contributed by atoms with Gasteiger partial charge in [0.15, 0.2) is 0 Å². The largest absolute Gasteiger partial charge is 0.399 e. The quantitative estimate of drug-likeness (QED) is 0.819. The van der Waals surface area contributed by atoms with E-state index in [0.29, 0.717) is 18.7 Å². The van der Waals surface area contributed by atoms with E-state index in [-0.39, 0.29) is 5.91 Å². The summed E-state index contributed by atoms with van der Waals surface area (Å²) in [6.45, 7) is 2.69. The molecule has 0 atom stereocenters. The summed E-state index contributed by atoms with van der Waals surface area (Å²) in [5, 5.41) is 2.96. The van der Waals surface area contributed by atoms with Crippen LogP contribution in [0.1, 0.15) is 23.6 Å². The number of hydrogen-bond donors (Lipinski definition) is 2. The van der Waals surface area contributed by atoms with Gasteiger partial charge in [-0.15, -0.1) is 0 Å². The van der Waals surface area contributed by atoms with E-state index in [1.54, 1.807) is 0 Å². The first kappa shape index (κ1) is 14.1. The molecular formula is C17H20N2O. The molecule has 0 aliphatic rings. The van der Waals surface area contributed by atoms with Gasteiger partial charge in [0, 0.05) is 12.2 Å². The number of nitrogens with one attached hydrogen (secondary N) is 1. The Morgan fingerprint density at radius 1 is 1.10 bits per heavy atom. The van der Waals surface area contributed by atoms with Crippen molar-refractivity contribution in [1.82, 2.24) is 5.32 Å². The number of nitrogens with two attached hydrogens (primary N) is 1. The summed E-state index contributed by atoms with van der Waals surface area (Å²) in [4.78, 5) is 11.9. The summed E-state index contributed by atoms with van der Waals surface area (Å²) >= 11 is 0. The number of rotatable bonds is 5. The van der Waals surface area contributed by atoms with Crippen LogP contribution in [0.15, 0.2) is 48.5 Å². The molecule has 1 amide bonds. The Bertz CT molecular complexity index is 593. The lowest BCUT2D eigenvalue weighted by Crippen LogP contribution is -2.25. The van der Waals surface area contributed by atoms with Crippen molar-refractivity contribution in [3.63, 3.8) is 0 Å². The fraction of sp³-hybridized carbons (Fsp3) is 0.235. The highest BCUT2D eigenvalue weighted by Crippen LogP contribution is 2.10. The van der Waals surface area contributed by atoms with Crippen molar-refractivity contribution in [1.29, 1.82) is 0 Å². The molecule has 3 nitrogen and oxygen atoms in total. The Kier molecular flexibility index (Phi) is 4.77. The number of benzene rings is 2. The molecule has 2 rings (SSSR count). The number of carbonyl (C=O) groups excluding carboxylic acids is 1. The van der Waals surface area contributed by atoms with Crippen molar-refractivity contribution >= 4 is 11.6 Å². The molecule has 0 radical (unpaired) electrons. The number of hydrogen-bond acceptors (Lipinski definition) is 2. The fourth-order valence-electron chi connectivity index (χ4n) is 2.22. The number of anilines is 1. The Hall–Kier alpha value is -2.29. The second-order valence-corrected chi connectivity index (χ2v) is 4.82. The van der Waals surface area contributed by atoms with E-state index in [1.165, 1.54) is 11.1 Å². The van der Waals surface area contributed by atoms with E-state index in [4.69, 9.17) is 5.73 Å². The lowest BCUT2D eigenvalue weighted by molar-refractivity contribution is -0.120. The third-order valence-corrected chi connectivity index (χ3v) is 3.29. The lowest BCUT2D eigenvalue weighted by Gasteiger charge is -2.09. The van der Waals surface area contributed by atoms with Gasteiger partial charge in [-0.05, 0) is 35.2 Å². The van der Waals surface area contributed by atoms with Crippen molar-refractivity contribution in [3.05, 3.63) is 65.2 Å². The Morgan fingerprint density at radius 2 is 1.85 bits per heavy atom. The molecular weight excluding hydrogens is 248 g/mol. The van der Waals surface area contributed by atoms with Gasteiger partial charge < -0.3 is 11.1 Å². The average Bonchev–Trinajstić information content (AvgIpc) is 2.45. The molecule has 3 N–H and O–H groups in total. The molecule has 104 valence electrons. The minimum absolute atomic E-state index is 0.0153. The summed E-state index contributed by atoms with van der Waals surface area (Å²) in [6.07, 6.45) is 1.33. The maximum absolute atomic E-state index is 11.9. The van der Waals surface area contributed by atoms with E-state index in [1.807, 2.05) is 36.4 Å². The molecule has 0 bridgehead atoms. The van der Waals surface area contributed by atoms with Crippen LogP contribution in [-0.2, 0) is 24.2 Å². The number of aryl methyl sites for hydroxylation is 1. The van der Waals surface area contributed by atoms with Crippen molar-refractivity contribution in [3.8, 4) is 0 Å². The molecule has 0 aromatic heterocycles. The maximum atomic E-state index is 11.9. The second kappa shape index (κ2) is 6.75. The third kappa shape index (κ3) is 3.85. The zero-order valence-electron chi connectivity index (χ0n) is 11.7. The van der Waals surface area contributed by atoms with Crippen molar-refractivity contribution in [2.75, 3.05) is 5.73 Å². The summed E-state index contributed by atoms with van der Waals surface area (Å²) < 4.78 is 0. The van der Waals surface area contributed by atoms with Gasteiger partial charge in [-0.3, -0.25) is 4.79 Å². The number of nitrogen functional groups attached to an aromatic ring is 1. The SMILES string of the molecule is CCc1ccccc1CNC(=O)Cc1cccc(N)c1. The van der Waals surface area contributed by atoms with Crippen molar-refractivity contribution in [2.24, 2.45) is 0 Å². The molecule has 0 unspecified atom stereocenters. The minimum atomic E-state index is 0.0153. The van der Waals surface area contributed by atoms with Gasteiger partial charge in [-0.2, -0.15) is 0 Å². The molecule has 0 saturated carbocycles. The van der Waals surface area contributed by atoms with E-state index < -0.39 is 0 Å². The topological polar surface area (TPSA) is 55.1 Å². The van der Waals surface area contributed by atoms with Crippen LogP contribution in [0.2, 0.25) is 0 Å². The minimum Gasteiger partial charge on any atom is -0.399 e. The average molecular weight is 268 g/mol. The van der Waals surface area contributed by atoms with E-state index >= 15 is 0 Å². The monoisotopic (exact) mass is 268 g/mol. The summed E-state index contributed by atoms with van der Waals surface area (Å²) in [7, 11) is 0. The molecule has 0 aliphatic carbocycles. The molecule has 2 aromatic carbocycles. The molecule has 0 fully saturated rings. The van der Waals surface area contributed by atoms with Crippen LogP contribution in [0.4, 0.5) is 5.69 Å². The Morgan fingerprint density at radius 3 is 2.55 bits per heavy atom. The molecule has 0 saturated heterocycles. The van der Waals surface area contributed by atoms with Gasteiger partial charge in [0.1, 0.15) is 0 Å². The number of amides is 1. The van der Waals surface area contributed by atoms with Crippen LogP contribution in [-0.4, -0.2) is 5.91 Å². The predicted octanol–water partition coefficient (Wildman–Crippen LogP) is 2.69. The fourth-order valence-corrected chi connectivity index (χ4v) is 2.22. The van der Waals surface area contributed by atoms with Gasteiger partial charge in [0.05, 0.1) is 6.42 Å². The van der Waals surface area contributed by atoms with Gasteiger partial charge in [-0.25, -0.2) is 0 Å². The normalized spacial score (nSPS) is 10.2. The van der Waals surface area contributed by atoms with Gasteiger partial charge >= 0.3 is 0 Å². The van der Waals surface area contributed by atoms with Crippen molar-refractivity contribution in [2.45, 2.75) is 26.3 Å². The lowest BCUT2D eigenvalue weighted by atomic mass is 10.1. The van der Waals surface area contributed by atoms with Crippen LogP contribution in [0.25, 0.3) is 0 Å². The highest BCUT2D eigenvalue weighted by molar-refractivity contribution is 5.78. The van der Waals surface area contributed by atoms with Crippen LogP contribution in [0.3, 0.4) is 0 Å². The Balaban J connectivity index is 1.92. The standard InChI is InChI=1S/C17H20N2O/c1-2-14-7-3-4-8-15(14)12-19-17(20)11-13-6-5-9-16(18)10-13/h3-10H,2,11-12,18H2,1H3,(H,19,20). The molecule has 0 spiro atoms. The van der Waals surface area contributed by atoms with Crippen LogP contribution in [0, 0.1) is 0 Å². The van der Waals surface area contributed by atoms with Gasteiger partial charge in [-0.1, -0.05) is 43.3 Å². The maximum Gasteiger partial charge on any atom is 0.224 e. The number of carbonyl (C=O) groups is 1. The summed E-state index contributed by atoms with van der Waals surface area (Å²) in [6, 6.07) is 15.6. The van der Waals surface area contributed by atoms with E-state index in [0.717, 1.165) is 12.0 Å². The molecule has 0 heterocycles. The molecule has 2 aromatic rings. The van der Waals surface area contributed by atoms with Gasteiger partial charge in [0.2, 0.25) is 5.91 Å². The highest BCUT2D eigenvalue weighted by Gasteiger charge is 2.05. The molecule has 3 heteroatoms. The van der Waals surface area contributed by atoms with E-state index in [2.05, 4.69) is 24.4 Å². The van der Waals surface area contributed by atoms with Crippen LogP contribution < -0.4 is 11.1 Å². The second-order valence-electron chi connectivity index (χ2n) is 4.82. The molecule has 20 heavy (non-hydrogen) atoms. The first-order valence-electron chi connectivity index (χ1n) is 6.87. The van der Waals surface area contributed by atoms with Gasteiger partial charge in [0.25, 0.3) is 0 Å². The zero-order chi connectivity index (χ0) is 14.4. The first-order chi connectivity index (χ1) is 9.69. The zero-order valence-corrected chi connectivity index (χ0v) is 11.7.